The van der Waals surface area contributed by atoms with Crippen molar-refractivity contribution in [2.45, 2.75) is 51.2 Å². The summed E-state index contributed by atoms with van der Waals surface area (Å²) in [6, 6.07) is 34.2. The molecule has 0 radical (unpaired) electrons. The minimum absolute atomic E-state index is 0.0803. The van der Waals surface area contributed by atoms with Gasteiger partial charge in [-0.3, -0.25) is 9.59 Å². The van der Waals surface area contributed by atoms with Crippen molar-refractivity contribution in [1.29, 1.82) is 0 Å². The van der Waals surface area contributed by atoms with Crippen LogP contribution in [0.3, 0.4) is 0 Å². The number of halogens is 2. The molecule has 1 unspecified atom stereocenters. The lowest BCUT2D eigenvalue weighted by molar-refractivity contribution is -0.141. The fourth-order valence-corrected chi connectivity index (χ4v) is 5.33. The first-order valence-corrected chi connectivity index (χ1v) is 14.2. The van der Waals surface area contributed by atoms with Gasteiger partial charge in [-0.15, -0.1) is 0 Å². The summed E-state index contributed by atoms with van der Waals surface area (Å²) in [5.74, 6) is -0.513. The van der Waals surface area contributed by atoms with E-state index >= 15 is 0 Å². The Kier molecular flexibility index (Phi) is 10.4. The molecule has 0 fully saturated rings. The highest BCUT2D eigenvalue weighted by atomic mass is 35.5. The molecule has 0 aliphatic rings. The van der Waals surface area contributed by atoms with E-state index in [2.05, 4.69) is 5.32 Å². The maximum Gasteiger partial charge on any atom is 0.243 e. The third kappa shape index (κ3) is 7.97. The summed E-state index contributed by atoms with van der Waals surface area (Å²) in [6.07, 6.45) is 0.567. The maximum atomic E-state index is 14.4. The Bertz CT molecular complexity index is 1360. The molecule has 0 aromatic heterocycles. The molecule has 2 amide bonds. The Morgan fingerprint density at radius 1 is 0.775 bits per heavy atom. The number of amides is 2. The van der Waals surface area contributed by atoms with Gasteiger partial charge in [-0.1, -0.05) is 120 Å². The van der Waals surface area contributed by atoms with E-state index in [4.69, 9.17) is 23.2 Å². The van der Waals surface area contributed by atoms with Gasteiger partial charge in [-0.25, -0.2) is 0 Å². The van der Waals surface area contributed by atoms with Crippen molar-refractivity contribution in [2.24, 2.45) is 0 Å². The standard InChI is InChI=1S/C34H34Cl2N2O2/c1-24(2)37-34(40)32(20-25-12-6-3-7-13-25)38(23-28-18-19-29(35)21-31(28)36)33(39)22-30(26-14-8-4-9-15-26)27-16-10-5-11-17-27/h3-19,21,24,30,32H,20,22-23H2,1-2H3,(H,37,40). The fourth-order valence-electron chi connectivity index (χ4n) is 4.86. The monoisotopic (exact) mass is 572 g/mol. The van der Waals surface area contributed by atoms with E-state index in [9.17, 15) is 9.59 Å². The van der Waals surface area contributed by atoms with Gasteiger partial charge in [0, 0.05) is 41.4 Å². The van der Waals surface area contributed by atoms with Gasteiger partial charge in [0.05, 0.1) is 0 Å². The Morgan fingerprint density at radius 2 is 1.32 bits per heavy atom. The topological polar surface area (TPSA) is 49.4 Å². The number of benzene rings is 4. The van der Waals surface area contributed by atoms with Crippen LogP contribution in [0.1, 0.15) is 48.4 Å². The summed E-state index contributed by atoms with van der Waals surface area (Å²) in [5.41, 5.74) is 3.77. The van der Waals surface area contributed by atoms with E-state index in [1.807, 2.05) is 111 Å². The zero-order valence-corrected chi connectivity index (χ0v) is 24.3. The number of rotatable bonds is 11. The summed E-state index contributed by atoms with van der Waals surface area (Å²) in [4.78, 5) is 29.8. The van der Waals surface area contributed by atoms with Gasteiger partial charge in [0.1, 0.15) is 6.04 Å². The molecule has 0 aliphatic carbocycles. The van der Waals surface area contributed by atoms with Gasteiger partial charge >= 0.3 is 0 Å². The SMILES string of the molecule is CC(C)NC(=O)C(Cc1ccccc1)N(Cc1ccc(Cl)cc1Cl)C(=O)CC(c1ccccc1)c1ccccc1. The lowest BCUT2D eigenvalue weighted by Crippen LogP contribution is -2.52. The third-order valence-corrected chi connectivity index (χ3v) is 7.43. The average molecular weight is 574 g/mol. The van der Waals surface area contributed by atoms with Crippen LogP contribution >= 0.6 is 23.2 Å². The number of nitrogens with zero attached hydrogens (tertiary/aromatic N) is 1. The van der Waals surface area contributed by atoms with Crippen molar-refractivity contribution < 1.29 is 9.59 Å². The molecule has 0 aliphatic heterocycles. The predicted molar refractivity (Wildman–Crippen MR) is 164 cm³/mol. The lowest BCUT2D eigenvalue weighted by atomic mass is 9.87. The summed E-state index contributed by atoms with van der Waals surface area (Å²) < 4.78 is 0. The zero-order valence-electron chi connectivity index (χ0n) is 22.8. The minimum Gasteiger partial charge on any atom is -0.352 e. The largest absolute Gasteiger partial charge is 0.352 e. The summed E-state index contributed by atoms with van der Waals surface area (Å²) in [6.45, 7) is 4.01. The third-order valence-electron chi connectivity index (χ3n) is 6.84. The van der Waals surface area contributed by atoms with E-state index in [1.165, 1.54) is 0 Å². The Labute approximate surface area is 246 Å². The molecule has 0 spiro atoms. The molecule has 0 saturated heterocycles. The predicted octanol–water partition coefficient (Wildman–Crippen LogP) is 7.68. The van der Waals surface area contributed by atoms with Gasteiger partial charge < -0.3 is 10.2 Å². The van der Waals surface area contributed by atoms with E-state index in [-0.39, 0.29) is 36.7 Å². The summed E-state index contributed by atoms with van der Waals surface area (Å²) in [7, 11) is 0. The van der Waals surface area contributed by atoms with E-state index in [0.717, 1.165) is 22.3 Å². The average Bonchev–Trinajstić information content (AvgIpc) is 2.95. The number of hydrogen-bond acceptors (Lipinski definition) is 2. The number of carbonyl (C=O) groups is 2. The smallest absolute Gasteiger partial charge is 0.243 e. The Balaban J connectivity index is 1.76. The van der Waals surface area contributed by atoms with Crippen molar-refractivity contribution >= 4 is 35.0 Å². The van der Waals surface area contributed by atoms with Gasteiger partial charge in [0.2, 0.25) is 11.8 Å². The quantitative estimate of drug-likeness (QED) is 0.200. The molecule has 1 atom stereocenters. The van der Waals surface area contributed by atoms with Gasteiger partial charge in [-0.2, -0.15) is 0 Å². The number of nitrogens with one attached hydrogen (secondary N) is 1. The molecule has 40 heavy (non-hydrogen) atoms. The van der Waals surface area contributed by atoms with Gasteiger partial charge in [-0.05, 0) is 48.2 Å². The van der Waals surface area contributed by atoms with E-state index < -0.39 is 6.04 Å². The van der Waals surface area contributed by atoms with Crippen LogP contribution in [0.4, 0.5) is 0 Å². The van der Waals surface area contributed by atoms with Crippen LogP contribution in [0.25, 0.3) is 0 Å². The van der Waals surface area contributed by atoms with Crippen LogP contribution in [0.2, 0.25) is 10.0 Å². The Hall–Kier alpha value is -3.60. The van der Waals surface area contributed by atoms with Crippen LogP contribution in [0.5, 0.6) is 0 Å². The fraction of sp³-hybridized carbons (Fsp3) is 0.235. The molecule has 4 rings (SSSR count). The zero-order chi connectivity index (χ0) is 28.5. The molecular weight excluding hydrogens is 539 g/mol. The van der Waals surface area contributed by atoms with Crippen molar-refractivity contribution in [3.8, 4) is 0 Å². The first-order chi connectivity index (χ1) is 19.3. The molecule has 0 bridgehead atoms. The summed E-state index contributed by atoms with van der Waals surface area (Å²) in [5, 5.41) is 4.00. The number of carbonyl (C=O) groups excluding carboxylic acids is 2. The maximum absolute atomic E-state index is 14.4. The van der Waals surface area contributed by atoms with E-state index in [1.54, 1.807) is 17.0 Å². The Morgan fingerprint density at radius 3 is 1.85 bits per heavy atom. The second kappa shape index (κ2) is 14.2. The van der Waals surface area contributed by atoms with Gasteiger partial charge in [0.15, 0.2) is 0 Å². The van der Waals surface area contributed by atoms with Crippen molar-refractivity contribution in [1.82, 2.24) is 10.2 Å². The first kappa shape index (κ1) is 29.4. The van der Waals surface area contributed by atoms with Crippen LogP contribution < -0.4 is 5.32 Å². The highest BCUT2D eigenvalue weighted by Crippen LogP contribution is 2.31. The molecule has 4 aromatic carbocycles. The highest BCUT2D eigenvalue weighted by Gasteiger charge is 2.33. The van der Waals surface area contributed by atoms with Crippen molar-refractivity contribution in [3.63, 3.8) is 0 Å². The molecule has 6 heteroatoms. The van der Waals surface area contributed by atoms with Crippen LogP contribution in [-0.4, -0.2) is 28.8 Å². The molecule has 0 heterocycles. The lowest BCUT2D eigenvalue weighted by Gasteiger charge is -2.33. The molecule has 4 aromatic rings. The van der Waals surface area contributed by atoms with Gasteiger partial charge in [0.25, 0.3) is 0 Å². The molecule has 4 nitrogen and oxygen atoms in total. The molecule has 1 N–H and O–H groups in total. The molecule has 206 valence electrons. The number of hydrogen-bond donors (Lipinski definition) is 1. The first-order valence-electron chi connectivity index (χ1n) is 13.5. The van der Waals surface area contributed by atoms with Crippen molar-refractivity contribution in [3.05, 3.63) is 141 Å². The second-order valence-corrected chi connectivity index (χ2v) is 11.0. The second-order valence-electron chi connectivity index (χ2n) is 10.2. The van der Waals surface area contributed by atoms with E-state index in [0.29, 0.717) is 16.5 Å². The summed E-state index contributed by atoms with van der Waals surface area (Å²) >= 11 is 12.8. The normalized spacial score (nSPS) is 11.8. The van der Waals surface area contributed by atoms with Crippen LogP contribution in [0, 0.1) is 0 Å². The molecule has 0 saturated carbocycles. The van der Waals surface area contributed by atoms with Crippen LogP contribution in [0.15, 0.2) is 109 Å². The molecular formula is C34H34Cl2N2O2. The highest BCUT2D eigenvalue weighted by molar-refractivity contribution is 6.35. The van der Waals surface area contributed by atoms with Crippen LogP contribution in [-0.2, 0) is 22.6 Å². The minimum atomic E-state index is -0.740. The van der Waals surface area contributed by atoms with Crippen molar-refractivity contribution in [2.75, 3.05) is 0 Å².